The van der Waals surface area contributed by atoms with Gasteiger partial charge in [0.05, 0.1) is 0 Å². The molecule has 1 radical (unpaired) electrons. The minimum atomic E-state index is -0.705. The topological polar surface area (TPSA) is 9.23 Å². The van der Waals surface area contributed by atoms with E-state index in [1.165, 1.54) is 10.8 Å². The number of benzene rings is 2. The molecular formula is C12H12BrOSi. The summed E-state index contributed by atoms with van der Waals surface area (Å²) in [4.78, 5) is 0. The van der Waals surface area contributed by atoms with Crippen molar-refractivity contribution >= 4 is 35.7 Å². The molecule has 0 atom stereocenters. The largest absolute Gasteiger partial charge is 0.542 e. The molecule has 1 nitrogen and oxygen atoms in total. The zero-order chi connectivity index (χ0) is 10.8. The van der Waals surface area contributed by atoms with Gasteiger partial charge >= 0.3 is 0 Å². The van der Waals surface area contributed by atoms with E-state index in [0.29, 0.717) is 0 Å². The standard InChI is InChI=1S/C12H12BrOSi/c1-15(2)14-12-8-7-11(13)9-5-3-4-6-10(9)12/h3-8H,1-2H3. The van der Waals surface area contributed by atoms with Crippen molar-refractivity contribution in [1.82, 2.24) is 0 Å². The summed E-state index contributed by atoms with van der Waals surface area (Å²) in [6, 6.07) is 12.4. The van der Waals surface area contributed by atoms with Crippen LogP contribution in [0, 0.1) is 0 Å². The normalized spacial score (nSPS) is 10.9. The number of hydrogen-bond acceptors (Lipinski definition) is 1. The van der Waals surface area contributed by atoms with Crippen LogP contribution in [-0.2, 0) is 0 Å². The van der Waals surface area contributed by atoms with Crippen molar-refractivity contribution in [2.45, 2.75) is 13.1 Å². The first-order valence-electron chi connectivity index (χ1n) is 4.84. The van der Waals surface area contributed by atoms with Gasteiger partial charge in [0, 0.05) is 9.86 Å². The van der Waals surface area contributed by atoms with Crippen LogP contribution in [0.1, 0.15) is 0 Å². The number of fused-ring (bicyclic) bond motifs is 1. The van der Waals surface area contributed by atoms with Crippen LogP contribution in [0.5, 0.6) is 5.75 Å². The fourth-order valence-electron chi connectivity index (χ4n) is 1.54. The van der Waals surface area contributed by atoms with Gasteiger partial charge in [0.2, 0.25) is 0 Å². The van der Waals surface area contributed by atoms with Crippen LogP contribution in [0.3, 0.4) is 0 Å². The lowest BCUT2D eigenvalue weighted by Crippen LogP contribution is -2.11. The Labute approximate surface area is 99.9 Å². The molecule has 2 aromatic carbocycles. The molecule has 15 heavy (non-hydrogen) atoms. The van der Waals surface area contributed by atoms with E-state index < -0.39 is 9.04 Å². The molecule has 0 unspecified atom stereocenters. The smallest absolute Gasteiger partial charge is 0.274 e. The molecule has 0 aromatic heterocycles. The average molecular weight is 280 g/mol. The minimum Gasteiger partial charge on any atom is -0.542 e. The van der Waals surface area contributed by atoms with E-state index in [1.54, 1.807) is 0 Å². The molecule has 2 aromatic rings. The predicted molar refractivity (Wildman–Crippen MR) is 69.8 cm³/mol. The molecular weight excluding hydrogens is 268 g/mol. The Morgan fingerprint density at radius 1 is 1.00 bits per heavy atom. The van der Waals surface area contributed by atoms with E-state index in [0.717, 1.165) is 10.2 Å². The lowest BCUT2D eigenvalue weighted by Gasteiger charge is -2.12. The molecule has 0 heterocycles. The van der Waals surface area contributed by atoms with Gasteiger partial charge in [-0.05, 0) is 30.6 Å². The van der Waals surface area contributed by atoms with Crippen LogP contribution >= 0.6 is 15.9 Å². The van der Waals surface area contributed by atoms with Crippen LogP contribution in [-0.4, -0.2) is 9.04 Å². The van der Waals surface area contributed by atoms with Crippen LogP contribution in [0.15, 0.2) is 40.9 Å². The van der Waals surface area contributed by atoms with Crippen molar-refractivity contribution in [1.29, 1.82) is 0 Å². The Hall–Kier alpha value is -0.803. The lowest BCUT2D eigenvalue weighted by atomic mass is 10.1. The van der Waals surface area contributed by atoms with E-state index in [1.807, 2.05) is 24.3 Å². The molecule has 0 aliphatic rings. The van der Waals surface area contributed by atoms with E-state index in [2.05, 4.69) is 41.2 Å². The first-order chi connectivity index (χ1) is 7.18. The summed E-state index contributed by atoms with van der Waals surface area (Å²) in [5.41, 5.74) is 0. The summed E-state index contributed by atoms with van der Waals surface area (Å²) in [6.45, 7) is 4.28. The molecule has 0 amide bonds. The monoisotopic (exact) mass is 279 g/mol. The molecule has 0 fully saturated rings. The Morgan fingerprint density at radius 2 is 1.67 bits per heavy atom. The summed E-state index contributed by atoms with van der Waals surface area (Å²) in [7, 11) is -0.705. The second-order valence-electron chi connectivity index (χ2n) is 3.60. The highest BCUT2D eigenvalue weighted by molar-refractivity contribution is 9.10. The maximum absolute atomic E-state index is 5.86. The third-order valence-electron chi connectivity index (χ3n) is 2.14. The highest BCUT2D eigenvalue weighted by Gasteiger charge is 2.06. The van der Waals surface area contributed by atoms with Gasteiger partial charge in [-0.15, -0.1) is 0 Å². The maximum atomic E-state index is 5.86. The summed E-state index contributed by atoms with van der Waals surface area (Å²) < 4.78 is 6.98. The molecule has 0 saturated heterocycles. The van der Waals surface area contributed by atoms with Crippen molar-refractivity contribution in [3.8, 4) is 5.75 Å². The molecule has 0 aliphatic carbocycles. The van der Waals surface area contributed by atoms with Crippen molar-refractivity contribution < 1.29 is 4.43 Å². The molecule has 0 saturated carbocycles. The van der Waals surface area contributed by atoms with Crippen molar-refractivity contribution in [2.75, 3.05) is 0 Å². The van der Waals surface area contributed by atoms with Crippen molar-refractivity contribution in [2.24, 2.45) is 0 Å². The summed E-state index contributed by atoms with van der Waals surface area (Å²) in [5, 5.41) is 2.39. The van der Waals surface area contributed by atoms with Gasteiger partial charge in [-0.3, -0.25) is 0 Å². The summed E-state index contributed by atoms with van der Waals surface area (Å²) in [6.07, 6.45) is 0. The highest BCUT2D eigenvalue weighted by atomic mass is 79.9. The first-order valence-corrected chi connectivity index (χ1v) is 8.04. The maximum Gasteiger partial charge on any atom is 0.274 e. The Bertz CT molecular complexity index is 482. The molecule has 0 N–H and O–H groups in total. The molecule has 2 rings (SSSR count). The Balaban J connectivity index is 2.61. The minimum absolute atomic E-state index is 0.705. The fourth-order valence-corrected chi connectivity index (χ4v) is 2.64. The zero-order valence-corrected chi connectivity index (χ0v) is 11.3. The third kappa shape index (κ3) is 2.24. The average Bonchev–Trinajstić information content (AvgIpc) is 2.22. The van der Waals surface area contributed by atoms with Gasteiger partial charge in [0.1, 0.15) is 5.75 Å². The van der Waals surface area contributed by atoms with Crippen LogP contribution in [0.25, 0.3) is 10.8 Å². The molecule has 0 spiro atoms. The van der Waals surface area contributed by atoms with Gasteiger partial charge < -0.3 is 4.43 Å². The highest BCUT2D eigenvalue weighted by Crippen LogP contribution is 2.31. The first kappa shape index (κ1) is 10.7. The van der Waals surface area contributed by atoms with E-state index in [4.69, 9.17) is 4.43 Å². The molecule has 0 bridgehead atoms. The lowest BCUT2D eigenvalue weighted by molar-refractivity contribution is 0.587. The summed E-state index contributed by atoms with van der Waals surface area (Å²) >= 11 is 3.55. The molecule has 77 valence electrons. The number of hydrogen-bond donors (Lipinski definition) is 0. The fraction of sp³-hybridized carbons (Fsp3) is 0.167. The van der Waals surface area contributed by atoms with Crippen LogP contribution in [0.4, 0.5) is 0 Å². The van der Waals surface area contributed by atoms with Gasteiger partial charge in [-0.1, -0.05) is 40.2 Å². The van der Waals surface area contributed by atoms with Gasteiger partial charge in [0.15, 0.2) is 0 Å². The Kier molecular flexibility index (Phi) is 3.12. The van der Waals surface area contributed by atoms with Crippen LogP contribution < -0.4 is 4.43 Å². The number of halogens is 1. The molecule has 0 aliphatic heterocycles. The van der Waals surface area contributed by atoms with E-state index in [9.17, 15) is 0 Å². The second-order valence-corrected chi connectivity index (χ2v) is 6.48. The number of rotatable bonds is 2. The predicted octanol–water partition coefficient (Wildman–Crippen LogP) is 4.23. The SMILES string of the molecule is C[Si](C)Oc1ccc(Br)c2ccccc12. The van der Waals surface area contributed by atoms with E-state index in [-0.39, 0.29) is 0 Å². The van der Waals surface area contributed by atoms with E-state index >= 15 is 0 Å². The summed E-state index contributed by atoms with van der Waals surface area (Å²) in [5.74, 6) is 0.993. The van der Waals surface area contributed by atoms with Crippen LogP contribution in [0.2, 0.25) is 13.1 Å². The second kappa shape index (κ2) is 4.37. The van der Waals surface area contributed by atoms with Crippen molar-refractivity contribution in [3.05, 3.63) is 40.9 Å². The zero-order valence-electron chi connectivity index (χ0n) is 8.75. The van der Waals surface area contributed by atoms with Gasteiger partial charge in [-0.2, -0.15) is 0 Å². The van der Waals surface area contributed by atoms with Gasteiger partial charge in [-0.25, -0.2) is 0 Å². The Morgan fingerprint density at radius 3 is 2.33 bits per heavy atom. The third-order valence-corrected chi connectivity index (χ3v) is 3.46. The van der Waals surface area contributed by atoms with Crippen molar-refractivity contribution in [3.63, 3.8) is 0 Å². The quantitative estimate of drug-likeness (QED) is 0.748. The van der Waals surface area contributed by atoms with Gasteiger partial charge in [0.25, 0.3) is 9.04 Å². The molecule has 3 heteroatoms.